The molecule has 8 heterocycles. The average Bonchev–Trinajstić information content (AvgIpc) is 3.28. The molecule has 0 saturated heterocycles. The summed E-state index contributed by atoms with van der Waals surface area (Å²) < 4.78 is 59.8. The summed E-state index contributed by atoms with van der Waals surface area (Å²) in [6.45, 7) is 2.95. The first-order valence-electron chi connectivity index (χ1n) is 20.1. The maximum Gasteiger partial charge on any atom is 0.173 e. The molecule has 0 radical (unpaired) electrons. The molecule has 0 aliphatic rings. The average molecular weight is 896 g/mol. The fourth-order valence-corrected chi connectivity index (χ4v) is 7.23. The molecular formula is C47H46F6N10P+. The number of halogens is 6. The normalized spacial score (nSPS) is 12.6. The van der Waals surface area contributed by atoms with Crippen LogP contribution in [0, 0.1) is 0 Å². The predicted molar refractivity (Wildman–Crippen MR) is 233 cm³/mol. The molecule has 0 amide bonds. The van der Waals surface area contributed by atoms with Crippen molar-refractivity contribution in [2.75, 3.05) is 7.05 Å². The van der Waals surface area contributed by atoms with Gasteiger partial charge in [0.25, 0.3) is 0 Å². The van der Waals surface area contributed by atoms with Gasteiger partial charge in [0, 0.05) is 49.6 Å². The Kier molecular flexibility index (Phi) is 15.0. The van der Waals surface area contributed by atoms with Crippen LogP contribution in [0.1, 0.15) is 57.6 Å². The van der Waals surface area contributed by atoms with Gasteiger partial charge in [-0.2, -0.15) is 0 Å². The van der Waals surface area contributed by atoms with Crippen LogP contribution in [0.3, 0.4) is 0 Å². The zero-order chi connectivity index (χ0) is 45.4. The van der Waals surface area contributed by atoms with Crippen LogP contribution in [-0.2, 0) is 26.2 Å². The molecule has 0 saturated carbocycles. The summed E-state index contributed by atoms with van der Waals surface area (Å²) in [5, 5.41) is 0. The topological polar surface area (TPSA) is 108 Å². The third-order valence-corrected chi connectivity index (χ3v) is 9.70. The summed E-state index contributed by atoms with van der Waals surface area (Å²) in [6.07, 6.45) is 14.7. The van der Waals surface area contributed by atoms with E-state index in [-0.39, 0.29) is 12.1 Å². The molecule has 0 spiro atoms. The molecule has 0 bridgehead atoms. The number of pyridine rings is 8. The Morgan fingerprint density at radius 2 is 0.656 bits per heavy atom. The van der Waals surface area contributed by atoms with Crippen LogP contribution < -0.4 is 4.90 Å². The second-order valence-corrected chi connectivity index (χ2v) is 16.8. The molecule has 8 aromatic heterocycles. The van der Waals surface area contributed by atoms with Crippen molar-refractivity contribution >= 4 is 7.81 Å². The maximum atomic E-state index is 9.87. The maximum absolute atomic E-state index is 10.7. The Bertz CT molecular complexity index is 2390. The number of rotatable bonds is 14. The van der Waals surface area contributed by atoms with Crippen molar-refractivity contribution in [1.29, 1.82) is 0 Å². The molecule has 64 heavy (non-hydrogen) atoms. The largest absolute Gasteiger partial charge is 0.312 e. The van der Waals surface area contributed by atoms with Gasteiger partial charge in [0.15, 0.2) is 12.1 Å². The van der Waals surface area contributed by atoms with E-state index in [9.17, 15) is 25.2 Å². The zero-order valence-electron chi connectivity index (χ0n) is 34.7. The summed E-state index contributed by atoms with van der Waals surface area (Å²) in [4.78, 5) is 38.3. The Morgan fingerprint density at radius 1 is 0.391 bits per heavy atom. The van der Waals surface area contributed by atoms with E-state index in [4.69, 9.17) is 9.97 Å². The van der Waals surface area contributed by atoms with Gasteiger partial charge >= 0.3 is 33.0 Å². The molecule has 0 atom stereocenters. The van der Waals surface area contributed by atoms with Crippen LogP contribution >= 0.6 is 7.81 Å². The minimum Gasteiger partial charge on any atom is -0.312 e. The molecule has 0 fully saturated rings. The summed E-state index contributed by atoms with van der Waals surface area (Å²) >= 11 is 0. The molecule has 1 N–H and O–H groups in total. The van der Waals surface area contributed by atoms with Gasteiger partial charge in [0.2, 0.25) is 0 Å². The van der Waals surface area contributed by atoms with E-state index in [1.807, 2.05) is 147 Å². The van der Waals surface area contributed by atoms with Crippen molar-refractivity contribution < 1.29 is 34.6 Å². The van der Waals surface area contributed by atoms with Crippen molar-refractivity contribution in [3.8, 4) is 0 Å². The van der Waals surface area contributed by atoms with E-state index in [1.54, 1.807) is 0 Å². The van der Waals surface area contributed by atoms with Gasteiger partial charge in [-0.25, -0.2) is 0 Å². The Morgan fingerprint density at radius 3 is 0.922 bits per heavy atom. The fraction of sp³-hybridized carbons (Fsp3) is 0.149. The van der Waals surface area contributed by atoms with Crippen molar-refractivity contribution in [3.63, 3.8) is 0 Å². The third kappa shape index (κ3) is 15.8. The van der Waals surface area contributed by atoms with Crippen LogP contribution in [0.5, 0.6) is 0 Å². The van der Waals surface area contributed by atoms with Crippen LogP contribution in [0.4, 0.5) is 25.2 Å². The van der Waals surface area contributed by atoms with E-state index in [0.717, 1.165) is 71.7 Å². The van der Waals surface area contributed by atoms with E-state index in [2.05, 4.69) is 85.5 Å². The van der Waals surface area contributed by atoms with Crippen molar-refractivity contribution in [2.24, 2.45) is 0 Å². The van der Waals surface area contributed by atoms with E-state index in [1.165, 1.54) is 4.90 Å². The Hall–Kier alpha value is -6.87. The van der Waals surface area contributed by atoms with Crippen molar-refractivity contribution in [2.45, 2.75) is 38.3 Å². The minimum atomic E-state index is -10.7. The van der Waals surface area contributed by atoms with Crippen molar-refractivity contribution in [3.05, 3.63) is 241 Å². The minimum absolute atomic E-state index is 0.0218. The molecule has 17 heteroatoms. The smallest absolute Gasteiger partial charge is 0.173 e. The number of hydrogen-bond donors (Lipinski definition) is 1. The number of quaternary nitrogens is 2. The number of nitrogens with one attached hydrogen (secondary N) is 1. The Balaban J connectivity index is 0.000000185. The third-order valence-electron chi connectivity index (χ3n) is 9.70. The quantitative estimate of drug-likeness (QED) is 0.0653. The first-order chi connectivity index (χ1) is 30.6. The molecule has 0 unspecified atom stereocenters. The van der Waals surface area contributed by atoms with Gasteiger partial charge < -0.3 is 9.38 Å². The van der Waals surface area contributed by atoms with Crippen molar-refractivity contribution in [1.82, 2.24) is 39.9 Å². The summed E-state index contributed by atoms with van der Waals surface area (Å²) in [5.41, 5.74) is 8.08. The first-order valence-corrected chi connectivity index (χ1v) is 22.1. The molecule has 330 valence electrons. The van der Waals surface area contributed by atoms with E-state index < -0.39 is 7.81 Å². The second-order valence-electron chi connectivity index (χ2n) is 14.9. The van der Waals surface area contributed by atoms with Gasteiger partial charge in [-0.15, -0.1) is 0 Å². The van der Waals surface area contributed by atoms with Gasteiger partial charge in [0.05, 0.1) is 29.8 Å². The molecule has 0 aromatic carbocycles. The fourth-order valence-electron chi connectivity index (χ4n) is 7.23. The van der Waals surface area contributed by atoms with Crippen LogP contribution in [0.2, 0.25) is 0 Å². The number of hydrogen-bond acceptors (Lipinski definition) is 8. The molecule has 8 rings (SSSR count). The van der Waals surface area contributed by atoms with Gasteiger partial charge in [0.1, 0.15) is 49.0 Å². The number of nitrogens with zero attached hydrogens (tertiary/aromatic N) is 9. The molecule has 10 nitrogen and oxygen atoms in total. The zero-order valence-corrected chi connectivity index (χ0v) is 35.6. The summed E-state index contributed by atoms with van der Waals surface area (Å²) in [6, 6.07) is 48.2. The first kappa shape index (κ1) is 46.6. The van der Waals surface area contributed by atoms with Gasteiger partial charge in [-0.3, -0.25) is 39.9 Å². The predicted octanol–water partition coefficient (Wildman–Crippen LogP) is 10.2. The van der Waals surface area contributed by atoms with Gasteiger partial charge in [-0.05, 0) is 97.1 Å². The van der Waals surface area contributed by atoms with E-state index in [0.29, 0.717) is 4.48 Å². The standard InChI is InChI=1S/C24H24N5.C23H21N5.F6P/c1-29(18-20-10-2-6-14-25-20,19-21-11-3-7-15-26-21)24(22-12-4-8-16-27-22)23-13-5-9-17-28-23;1-5-13-24-19(9-1)17-28(18-20-10-2-6-14-25-20)23(21-11-3-7-15-26-21)22-12-4-8-16-27-22;1-7(2,3,4,5)6/h2-17,24H,18-19H2,1H3;1-16,23H,17-18H2;/q+1;;-1/p+1. The van der Waals surface area contributed by atoms with E-state index >= 15 is 0 Å². The van der Waals surface area contributed by atoms with Gasteiger partial charge in [-0.1, -0.05) is 48.5 Å². The SMILES string of the molecule is C[N+](Cc1ccccn1)(Cc1ccccn1)C(c1ccccn1)c1ccccn1.F[P-](F)(F)(F)(F)F.c1ccc(C[NH+](Cc2ccccn2)C(c2ccccn2)c2ccccn2)nc1. The second kappa shape index (κ2) is 20.5. The number of aromatic nitrogens is 8. The Labute approximate surface area is 367 Å². The molecular weight excluding hydrogens is 850 g/mol. The van der Waals surface area contributed by atoms with Crippen LogP contribution in [0.25, 0.3) is 0 Å². The summed E-state index contributed by atoms with van der Waals surface area (Å²) in [5.74, 6) is 0. The van der Waals surface area contributed by atoms with Crippen LogP contribution in [0.15, 0.2) is 195 Å². The molecule has 8 aromatic rings. The van der Waals surface area contributed by atoms with Crippen LogP contribution in [-0.4, -0.2) is 51.4 Å². The molecule has 0 aliphatic carbocycles. The molecule has 0 aliphatic heterocycles. The monoisotopic (exact) mass is 895 g/mol. The summed E-state index contributed by atoms with van der Waals surface area (Å²) in [7, 11) is -8.42.